The Kier molecular flexibility index (Phi) is 9.74. The molecule has 10 heteroatoms. The molecular weight excluding hydrogens is 495 g/mol. The van der Waals surface area contributed by atoms with Gasteiger partial charge in [0.2, 0.25) is 0 Å². The zero-order valence-electron chi connectivity index (χ0n) is 16.8. The van der Waals surface area contributed by atoms with Crippen molar-refractivity contribution >= 4 is 41.9 Å². The second-order valence-electron chi connectivity index (χ2n) is 6.84. The summed E-state index contributed by atoms with van der Waals surface area (Å²) in [5.41, 5.74) is -0.533. The fraction of sp³-hybridized carbons (Fsp3) is 0.526. The van der Waals surface area contributed by atoms with Crippen molar-refractivity contribution in [3.8, 4) is 0 Å². The first-order chi connectivity index (χ1) is 13.3. The van der Waals surface area contributed by atoms with E-state index in [4.69, 9.17) is 0 Å². The summed E-state index contributed by atoms with van der Waals surface area (Å²) in [5.74, 6) is -0.621. The Morgan fingerprint density at radius 2 is 1.93 bits per heavy atom. The van der Waals surface area contributed by atoms with Crippen molar-refractivity contribution in [2.24, 2.45) is 4.99 Å². The lowest BCUT2D eigenvalue weighted by Gasteiger charge is -2.19. The van der Waals surface area contributed by atoms with Crippen LogP contribution in [0.5, 0.6) is 0 Å². The molecule has 1 atom stereocenters. The van der Waals surface area contributed by atoms with Crippen LogP contribution >= 0.6 is 24.0 Å². The van der Waals surface area contributed by atoms with Crippen LogP contribution in [0.4, 0.5) is 13.6 Å². The molecule has 0 radical (unpaired) electrons. The van der Waals surface area contributed by atoms with E-state index in [9.17, 15) is 18.4 Å². The minimum Gasteiger partial charge on any atom is -0.356 e. The average Bonchev–Trinajstić information content (AvgIpc) is 2.89. The molecule has 0 bridgehead atoms. The van der Waals surface area contributed by atoms with Gasteiger partial charge >= 0.3 is 6.03 Å². The summed E-state index contributed by atoms with van der Waals surface area (Å²) in [6, 6.07) is 3.00. The Labute approximate surface area is 186 Å². The molecular formula is C19H28F2IN5O2. The van der Waals surface area contributed by atoms with Crippen LogP contribution in [-0.2, 0) is 11.2 Å². The van der Waals surface area contributed by atoms with Gasteiger partial charge in [0.25, 0.3) is 5.91 Å². The molecule has 1 aliphatic heterocycles. The van der Waals surface area contributed by atoms with Crippen LogP contribution in [0.1, 0.15) is 32.3 Å². The van der Waals surface area contributed by atoms with E-state index in [1.807, 2.05) is 6.92 Å². The first kappa shape index (κ1) is 25.1. The molecule has 1 aliphatic rings. The molecule has 1 aromatic carbocycles. The number of rotatable bonds is 8. The number of hydrogen-bond donors (Lipinski definition) is 3. The van der Waals surface area contributed by atoms with Crippen molar-refractivity contribution in [2.75, 3.05) is 26.7 Å². The van der Waals surface area contributed by atoms with Gasteiger partial charge in [0.05, 0.1) is 0 Å². The third-order valence-corrected chi connectivity index (χ3v) is 4.82. The molecule has 29 heavy (non-hydrogen) atoms. The van der Waals surface area contributed by atoms with E-state index < -0.39 is 17.2 Å². The quantitative estimate of drug-likeness (QED) is 0.161. The van der Waals surface area contributed by atoms with Crippen LogP contribution in [0.15, 0.2) is 23.2 Å². The topological polar surface area (TPSA) is 85.8 Å². The lowest BCUT2D eigenvalue weighted by Crippen LogP contribution is -2.43. The van der Waals surface area contributed by atoms with E-state index in [0.29, 0.717) is 50.4 Å². The first-order valence-corrected chi connectivity index (χ1v) is 9.33. The van der Waals surface area contributed by atoms with Crippen molar-refractivity contribution in [1.82, 2.24) is 20.9 Å². The van der Waals surface area contributed by atoms with Crippen molar-refractivity contribution in [2.45, 2.75) is 38.6 Å². The standard InChI is InChI=1S/C19H27F2N5O2.HI/c1-4-19(2)16(27)26(18(28)25-19)11-5-9-23-17(22-3)24-10-8-13-12-14(20)6-7-15(13)21;/h6-7,12H,4-5,8-11H2,1-3H3,(H,25,28)(H2,22,23,24);1H. The monoisotopic (exact) mass is 523 g/mol. The lowest BCUT2D eigenvalue weighted by atomic mass is 9.99. The number of hydrogen-bond acceptors (Lipinski definition) is 3. The highest BCUT2D eigenvalue weighted by atomic mass is 127. The molecule has 7 nitrogen and oxygen atoms in total. The van der Waals surface area contributed by atoms with Gasteiger partial charge in [-0.05, 0) is 49.9 Å². The van der Waals surface area contributed by atoms with E-state index in [2.05, 4.69) is 20.9 Å². The van der Waals surface area contributed by atoms with Gasteiger partial charge in [0.15, 0.2) is 5.96 Å². The Bertz CT molecular complexity index is 762. The number of halogens is 3. The molecule has 162 valence electrons. The third kappa shape index (κ3) is 6.51. The van der Waals surface area contributed by atoms with Gasteiger partial charge in [0, 0.05) is 26.7 Å². The van der Waals surface area contributed by atoms with Crippen molar-refractivity contribution in [3.05, 3.63) is 35.4 Å². The molecule has 0 aromatic heterocycles. The average molecular weight is 523 g/mol. The predicted octanol–water partition coefficient (Wildman–Crippen LogP) is 2.40. The third-order valence-electron chi connectivity index (χ3n) is 4.82. The fourth-order valence-corrected chi connectivity index (χ4v) is 2.90. The van der Waals surface area contributed by atoms with Gasteiger partial charge in [-0.15, -0.1) is 24.0 Å². The maximum absolute atomic E-state index is 13.6. The van der Waals surface area contributed by atoms with Gasteiger partial charge in [-0.2, -0.15) is 0 Å². The minimum absolute atomic E-state index is 0. The Morgan fingerprint density at radius 3 is 2.55 bits per heavy atom. The van der Waals surface area contributed by atoms with Gasteiger partial charge in [-0.25, -0.2) is 13.6 Å². The number of benzene rings is 1. The minimum atomic E-state index is -0.825. The summed E-state index contributed by atoms with van der Waals surface area (Å²) in [6.07, 6.45) is 1.40. The first-order valence-electron chi connectivity index (χ1n) is 9.33. The number of aliphatic imine (C=N–C) groups is 1. The zero-order valence-corrected chi connectivity index (χ0v) is 19.2. The van der Waals surface area contributed by atoms with Crippen LogP contribution in [0.3, 0.4) is 0 Å². The molecule has 1 unspecified atom stereocenters. The van der Waals surface area contributed by atoms with Crippen molar-refractivity contribution < 1.29 is 18.4 Å². The number of guanidine groups is 1. The number of nitrogens with one attached hydrogen (secondary N) is 3. The molecule has 1 fully saturated rings. The maximum Gasteiger partial charge on any atom is 0.325 e. The fourth-order valence-electron chi connectivity index (χ4n) is 2.90. The van der Waals surface area contributed by atoms with Crippen molar-refractivity contribution in [3.63, 3.8) is 0 Å². The normalized spacial score (nSPS) is 19.1. The second kappa shape index (κ2) is 11.3. The lowest BCUT2D eigenvalue weighted by molar-refractivity contribution is -0.130. The maximum atomic E-state index is 13.6. The molecule has 1 saturated heterocycles. The number of urea groups is 1. The van der Waals surface area contributed by atoms with Crippen LogP contribution in [0.2, 0.25) is 0 Å². The summed E-state index contributed by atoms with van der Waals surface area (Å²) in [7, 11) is 1.60. The number of nitrogens with zero attached hydrogens (tertiary/aromatic N) is 2. The SMILES string of the molecule is CCC1(C)NC(=O)N(CCCNC(=NC)NCCc2cc(F)ccc2F)C1=O.I. The number of carbonyl (C=O) groups excluding carboxylic acids is 2. The molecule has 2 rings (SSSR count). The summed E-state index contributed by atoms with van der Waals surface area (Å²) < 4.78 is 26.8. The van der Waals surface area contributed by atoms with Gasteiger partial charge in [0.1, 0.15) is 17.2 Å². The largest absolute Gasteiger partial charge is 0.356 e. The van der Waals surface area contributed by atoms with Gasteiger partial charge in [-0.3, -0.25) is 14.7 Å². The van der Waals surface area contributed by atoms with Crippen LogP contribution in [0.25, 0.3) is 0 Å². The smallest absolute Gasteiger partial charge is 0.325 e. The molecule has 0 aliphatic carbocycles. The second-order valence-corrected chi connectivity index (χ2v) is 6.84. The Balaban J connectivity index is 0.00000420. The molecule has 0 saturated carbocycles. The number of amides is 3. The summed E-state index contributed by atoms with van der Waals surface area (Å²) in [6.45, 7) is 4.75. The van der Waals surface area contributed by atoms with E-state index in [-0.39, 0.29) is 35.9 Å². The summed E-state index contributed by atoms with van der Waals surface area (Å²) in [5, 5.41) is 8.81. The Morgan fingerprint density at radius 1 is 1.24 bits per heavy atom. The number of carbonyl (C=O) groups is 2. The molecule has 0 spiro atoms. The highest BCUT2D eigenvalue weighted by Crippen LogP contribution is 2.20. The van der Waals surface area contributed by atoms with Crippen LogP contribution in [0, 0.1) is 11.6 Å². The van der Waals surface area contributed by atoms with Crippen molar-refractivity contribution in [1.29, 1.82) is 0 Å². The predicted molar refractivity (Wildman–Crippen MR) is 118 cm³/mol. The molecule has 3 N–H and O–H groups in total. The van der Waals surface area contributed by atoms with E-state index in [1.54, 1.807) is 14.0 Å². The Hall–Kier alpha value is -1.98. The number of imide groups is 1. The summed E-state index contributed by atoms with van der Waals surface area (Å²) in [4.78, 5) is 29.6. The van der Waals surface area contributed by atoms with E-state index in [0.717, 1.165) is 12.1 Å². The van der Waals surface area contributed by atoms with E-state index in [1.165, 1.54) is 11.0 Å². The molecule has 1 heterocycles. The highest BCUT2D eigenvalue weighted by molar-refractivity contribution is 14.0. The van der Waals surface area contributed by atoms with E-state index >= 15 is 0 Å². The summed E-state index contributed by atoms with van der Waals surface area (Å²) >= 11 is 0. The van der Waals surface area contributed by atoms with Gasteiger partial charge in [-0.1, -0.05) is 6.92 Å². The molecule has 3 amide bonds. The molecule has 1 aromatic rings. The van der Waals surface area contributed by atoms with Crippen LogP contribution < -0.4 is 16.0 Å². The highest BCUT2D eigenvalue weighted by Gasteiger charge is 2.45. The zero-order chi connectivity index (χ0) is 20.7. The van der Waals surface area contributed by atoms with Gasteiger partial charge < -0.3 is 16.0 Å². The van der Waals surface area contributed by atoms with Crippen LogP contribution in [-0.4, -0.2) is 55.0 Å².